The molecule has 1 nitrogen and oxygen atoms in total. The lowest BCUT2D eigenvalue weighted by Crippen LogP contribution is -2.35. The number of nitrogens with zero attached hydrogens (tertiary/aromatic N) is 1. The number of hydrogen-bond acceptors (Lipinski definition) is 0. The number of pyridine rings is 1. The van der Waals surface area contributed by atoms with Gasteiger partial charge in [0, 0.05) is 18.6 Å². The van der Waals surface area contributed by atoms with Crippen LogP contribution in [0.1, 0.15) is 86.6 Å². The van der Waals surface area contributed by atoms with Crippen molar-refractivity contribution < 1.29 is 4.57 Å². The molecule has 2 aromatic carbocycles. The van der Waals surface area contributed by atoms with Gasteiger partial charge in [0.05, 0.1) is 5.39 Å². The van der Waals surface area contributed by atoms with Gasteiger partial charge in [0.25, 0.3) is 0 Å². The van der Waals surface area contributed by atoms with Gasteiger partial charge >= 0.3 is 0 Å². The number of aromatic nitrogens is 1. The first-order chi connectivity index (χ1) is 14.0. The first-order valence-electron chi connectivity index (χ1n) is 11.6. The van der Waals surface area contributed by atoms with Crippen molar-refractivity contribution in [3.63, 3.8) is 0 Å². The Bertz CT molecular complexity index is 1020. The van der Waals surface area contributed by atoms with Crippen LogP contribution in [0.3, 0.4) is 0 Å². The molecule has 1 aliphatic carbocycles. The van der Waals surface area contributed by atoms with Crippen molar-refractivity contribution in [3.05, 3.63) is 64.8 Å². The van der Waals surface area contributed by atoms with Crippen molar-refractivity contribution in [3.8, 4) is 11.3 Å². The number of rotatable bonds is 5. The Morgan fingerprint density at radius 1 is 0.931 bits per heavy atom. The summed E-state index contributed by atoms with van der Waals surface area (Å²) < 4.78 is 2.39. The van der Waals surface area contributed by atoms with E-state index in [1.165, 1.54) is 82.9 Å². The Labute approximate surface area is 176 Å². The lowest BCUT2D eigenvalue weighted by Gasteiger charge is -2.16. The van der Waals surface area contributed by atoms with Crippen molar-refractivity contribution in [2.45, 2.75) is 78.1 Å². The highest BCUT2D eigenvalue weighted by Gasteiger charge is 2.23. The Morgan fingerprint density at radius 2 is 1.66 bits per heavy atom. The van der Waals surface area contributed by atoms with Crippen molar-refractivity contribution in [2.24, 2.45) is 7.05 Å². The van der Waals surface area contributed by atoms with Gasteiger partial charge < -0.3 is 0 Å². The van der Waals surface area contributed by atoms with E-state index in [9.17, 15) is 0 Å². The SMILES string of the molecule is CCC(CC)c1ccc2c(-c3cc(C4CCCC4)ccc3C)[n+](C)c(C)cc2c1. The molecule has 0 spiro atoms. The van der Waals surface area contributed by atoms with Gasteiger partial charge in [-0.2, -0.15) is 4.57 Å². The van der Waals surface area contributed by atoms with E-state index in [-0.39, 0.29) is 0 Å². The molecule has 1 heterocycles. The van der Waals surface area contributed by atoms with Gasteiger partial charge in [0.2, 0.25) is 5.69 Å². The maximum Gasteiger partial charge on any atom is 0.220 e. The van der Waals surface area contributed by atoms with Gasteiger partial charge in [-0.3, -0.25) is 0 Å². The zero-order valence-corrected chi connectivity index (χ0v) is 18.9. The van der Waals surface area contributed by atoms with Crippen LogP contribution in [0.15, 0.2) is 42.5 Å². The maximum absolute atomic E-state index is 2.49. The molecule has 0 amide bonds. The summed E-state index contributed by atoms with van der Waals surface area (Å²) in [5, 5.41) is 2.75. The third-order valence-electron chi connectivity index (χ3n) is 7.36. The van der Waals surface area contributed by atoms with E-state index in [4.69, 9.17) is 0 Å². The fraction of sp³-hybridized carbons (Fsp3) is 0.464. The molecule has 152 valence electrons. The van der Waals surface area contributed by atoms with E-state index in [2.05, 4.69) is 81.8 Å². The smallest absolute Gasteiger partial charge is 0.198 e. The van der Waals surface area contributed by atoms with Crippen LogP contribution in [0.5, 0.6) is 0 Å². The van der Waals surface area contributed by atoms with Crippen molar-refractivity contribution in [2.75, 3.05) is 0 Å². The fourth-order valence-electron chi connectivity index (χ4n) is 5.34. The molecule has 3 aromatic rings. The average molecular weight is 387 g/mol. The largest absolute Gasteiger partial charge is 0.220 e. The summed E-state index contributed by atoms with van der Waals surface area (Å²) >= 11 is 0. The van der Waals surface area contributed by atoms with Gasteiger partial charge in [-0.25, -0.2) is 0 Å². The van der Waals surface area contributed by atoms with Gasteiger partial charge in [-0.15, -0.1) is 0 Å². The molecule has 0 unspecified atom stereocenters. The first kappa shape index (κ1) is 20.1. The molecule has 1 aliphatic rings. The molecular formula is C28H36N+. The Morgan fingerprint density at radius 3 is 2.34 bits per heavy atom. The van der Waals surface area contributed by atoms with Crippen molar-refractivity contribution >= 4 is 10.8 Å². The summed E-state index contributed by atoms with van der Waals surface area (Å²) in [7, 11) is 2.22. The summed E-state index contributed by atoms with van der Waals surface area (Å²) in [6, 6.07) is 16.8. The van der Waals surface area contributed by atoms with Crippen LogP contribution in [0.25, 0.3) is 22.0 Å². The number of fused-ring (bicyclic) bond motifs is 1. The van der Waals surface area contributed by atoms with Crippen LogP contribution in [0, 0.1) is 13.8 Å². The summed E-state index contributed by atoms with van der Waals surface area (Å²) in [5.74, 6) is 1.40. The van der Waals surface area contributed by atoms with Gasteiger partial charge in [0.15, 0.2) is 5.69 Å². The molecule has 0 radical (unpaired) electrons. The van der Waals surface area contributed by atoms with Crippen LogP contribution in [-0.4, -0.2) is 0 Å². The molecule has 4 rings (SSSR count). The number of benzene rings is 2. The minimum Gasteiger partial charge on any atom is -0.198 e. The number of hydrogen-bond donors (Lipinski definition) is 0. The van der Waals surface area contributed by atoms with Crippen LogP contribution in [0.2, 0.25) is 0 Å². The number of aryl methyl sites for hydroxylation is 2. The van der Waals surface area contributed by atoms with Gasteiger partial charge in [-0.05, 0) is 78.7 Å². The third-order valence-corrected chi connectivity index (χ3v) is 7.36. The molecular weight excluding hydrogens is 350 g/mol. The van der Waals surface area contributed by atoms with Crippen molar-refractivity contribution in [1.29, 1.82) is 0 Å². The standard InChI is InChI=1S/C28H36N/c1-6-21(7-2)23-14-15-26-25(17-23)16-20(4)29(5)28(26)27-18-24(13-12-19(27)3)22-10-8-9-11-22/h12-18,21-22H,6-11H2,1-5H3/q+1. The molecule has 0 N–H and O–H groups in total. The Kier molecular flexibility index (Phi) is 5.76. The summed E-state index contributed by atoms with van der Waals surface area (Å²) in [6.07, 6.45) is 7.87. The van der Waals surface area contributed by atoms with Crippen molar-refractivity contribution in [1.82, 2.24) is 0 Å². The highest BCUT2D eigenvalue weighted by atomic mass is 14.9. The molecule has 1 saturated carbocycles. The van der Waals surface area contributed by atoms with E-state index >= 15 is 0 Å². The van der Waals surface area contributed by atoms with Crippen LogP contribution in [-0.2, 0) is 7.05 Å². The second-order valence-electron chi connectivity index (χ2n) is 9.11. The third kappa shape index (κ3) is 3.72. The molecule has 29 heavy (non-hydrogen) atoms. The zero-order valence-electron chi connectivity index (χ0n) is 18.9. The second-order valence-corrected chi connectivity index (χ2v) is 9.11. The molecule has 0 atom stereocenters. The van der Waals surface area contributed by atoms with Gasteiger partial charge in [0.1, 0.15) is 7.05 Å². The normalized spacial score (nSPS) is 15.0. The summed E-state index contributed by atoms with van der Waals surface area (Å²) in [5.41, 5.74) is 8.48. The molecule has 0 saturated heterocycles. The average Bonchev–Trinajstić information content (AvgIpc) is 3.26. The topological polar surface area (TPSA) is 3.88 Å². The van der Waals surface area contributed by atoms with Gasteiger partial charge in [-0.1, -0.05) is 51.0 Å². The van der Waals surface area contributed by atoms with E-state index in [0.717, 1.165) is 5.92 Å². The Balaban J connectivity index is 1.91. The second kappa shape index (κ2) is 8.30. The molecule has 1 aromatic heterocycles. The lowest BCUT2D eigenvalue weighted by atomic mass is 9.89. The maximum atomic E-state index is 2.49. The predicted octanol–water partition coefficient (Wildman–Crippen LogP) is 7.51. The van der Waals surface area contributed by atoms with Crippen LogP contribution in [0.4, 0.5) is 0 Å². The minimum atomic E-state index is 0.657. The zero-order chi connectivity index (χ0) is 20.5. The monoisotopic (exact) mass is 386 g/mol. The highest BCUT2D eigenvalue weighted by molar-refractivity contribution is 5.94. The molecule has 0 bridgehead atoms. The van der Waals surface area contributed by atoms with E-state index in [1.54, 1.807) is 0 Å². The van der Waals surface area contributed by atoms with Crippen LogP contribution >= 0.6 is 0 Å². The lowest BCUT2D eigenvalue weighted by molar-refractivity contribution is -0.665. The summed E-state index contributed by atoms with van der Waals surface area (Å²) in [4.78, 5) is 0. The first-order valence-corrected chi connectivity index (χ1v) is 11.6. The quantitative estimate of drug-likeness (QED) is 0.399. The van der Waals surface area contributed by atoms with Crippen LogP contribution < -0.4 is 4.57 Å². The van der Waals surface area contributed by atoms with E-state index < -0.39 is 0 Å². The minimum absolute atomic E-state index is 0.657. The molecule has 1 heteroatoms. The predicted molar refractivity (Wildman–Crippen MR) is 125 cm³/mol. The Hall–Kier alpha value is -2.15. The van der Waals surface area contributed by atoms with E-state index in [0.29, 0.717) is 5.92 Å². The highest BCUT2D eigenvalue weighted by Crippen LogP contribution is 2.38. The van der Waals surface area contributed by atoms with E-state index in [1.807, 2.05) is 0 Å². The molecule has 0 aliphatic heterocycles. The molecule has 1 fully saturated rings. The fourth-order valence-corrected chi connectivity index (χ4v) is 5.34. The summed E-state index contributed by atoms with van der Waals surface area (Å²) in [6.45, 7) is 9.11.